The summed E-state index contributed by atoms with van der Waals surface area (Å²) in [6.45, 7) is 10.6. The number of ether oxygens (including phenoxy) is 3. The second-order valence-electron chi connectivity index (χ2n) is 21.5. The van der Waals surface area contributed by atoms with Gasteiger partial charge in [0.15, 0.2) is 5.82 Å². The monoisotopic (exact) mass is 1150 g/mol. The minimum absolute atomic E-state index is 0.0194. The van der Waals surface area contributed by atoms with Crippen LogP contribution in [0.5, 0.6) is 6.01 Å². The van der Waals surface area contributed by atoms with E-state index in [1.807, 2.05) is 17.9 Å². The van der Waals surface area contributed by atoms with Crippen molar-refractivity contribution in [1.29, 1.82) is 5.26 Å². The number of carbonyl (C=O) groups excluding carboxylic acids is 2. The number of nitriles is 1. The molecular formula is C57H54ClF4N11O7S. The summed E-state index contributed by atoms with van der Waals surface area (Å²) >= 11 is 7.83. The predicted octanol–water partition coefficient (Wildman–Crippen LogP) is 8.55. The van der Waals surface area contributed by atoms with Crippen LogP contribution in [0.4, 0.5) is 38.9 Å². The number of nitrogens with one attached hydrogen (secondary N) is 1. The summed E-state index contributed by atoms with van der Waals surface area (Å²) < 4.78 is 82.6. The largest absolute Gasteiger partial charge is 0.461 e. The molecule has 9 heterocycles. The van der Waals surface area contributed by atoms with E-state index in [1.165, 1.54) is 34.6 Å². The molecule has 3 fully saturated rings. The van der Waals surface area contributed by atoms with Crippen LogP contribution < -0.4 is 32.0 Å². The van der Waals surface area contributed by atoms with Crippen molar-refractivity contribution in [2.45, 2.75) is 95.6 Å². The number of nitrogens with zero attached hydrogens (tertiary/aromatic N) is 8. The molecule has 81 heavy (non-hydrogen) atoms. The zero-order chi connectivity index (χ0) is 57.1. The Morgan fingerprint density at radius 1 is 1.10 bits per heavy atom. The van der Waals surface area contributed by atoms with E-state index >= 15 is 13.2 Å². The molecule has 420 valence electrons. The van der Waals surface area contributed by atoms with E-state index in [9.17, 15) is 29.1 Å². The van der Waals surface area contributed by atoms with E-state index in [1.54, 1.807) is 13.0 Å². The lowest BCUT2D eigenvalue weighted by Gasteiger charge is -2.41. The molecule has 5 aliphatic rings. The predicted molar refractivity (Wildman–Crippen MR) is 297 cm³/mol. The number of hydrogen-bond donors (Lipinski definition) is 4. The van der Waals surface area contributed by atoms with E-state index in [2.05, 4.69) is 21.8 Å². The van der Waals surface area contributed by atoms with Crippen molar-refractivity contribution in [3.8, 4) is 34.6 Å². The lowest BCUT2D eigenvalue weighted by atomic mass is 9.86. The van der Waals surface area contributed by atoms with Crippen LogP contribution in [0.25, 0.3) is 54.4 Å². The number of aromatic nitrogens is 4. The number of nitrogens with two attached hydrogens (primary N) is 2. The van der Waals surface area contributed by atoms with Gasteiger partial charge < -0.3 is 45.2 Å². The van der Waals surface area contributed by atoms with Crippen molar-refractivity contribution in [1.82, 2.24) is 29.3 Å². The molecule has 3 saturated heterocycles. The number of rotatable bonds is 11. The Labute approximate surface area is 469 Å². The molecule has 0 radical (unpaired) electrons. The van der Waals surface area contributed by atoms with Gasteiger partial charge >= 0.3 is 12.1 Å². The number of hydrogen-bond acceptors (Lipinski definition) is 16. The first-order valence-corrected chi connectivity index (χ1v) is 27.7. The van der Waals surface area contributed by atoms with Crippen LogP contribution in [0.15, 0.2) is 53.3 Å². The van der Waals surface area contributed by atoms with Gasteiger partial charge in [0.25, 0.3) is 11.5 Å². The molecule has 0 unspecified atom stereocenters. The number of pyridine rings is 2. The molecule has 0 saturated carbocycles. The quantitative estimate of drug-likeness (QED) is 0.0701. The Bertz CT molecular complexity index is 3990. The third-order valence-electron chi connectivity index (χ3n) is 16.9. The maximum Gasteiger partial charge on any atom is 0.412 e. The van der Waals surface area contributed by atoms with Crippen LogP contribution in [0.2, 0.25) is 5.02 Å². The lowest BCUT2D eigenvalue weighted by molar-refractivity contribution is -0.128. The van der Waals surface area contributed by atoms with E-state index in [0.29, 0.717) is 58.4 Å². The summed E-state index contributed by atoms with van der Waals surface area (Å²) in [6.07, 6.45) is -1.21. The van der Waals surface area contributed by atoms with Gasteiger partial charge in [-0.3, -0.25) is 19.8 Å². The van der Waals surface area contributed by atoms with Crippen molar-refractivity contribution in [3.63, 3.8) is 0 Å². The Morgan fingerprint density at radius 3 is 2.65 bits per heavy atom. The second kappa shape index (κ2) is 20.2. The fourth-order valence-corrected chi connectivity index (χ4v) is 13.8. The maximum absolute atomic E-state index is 17.5. The van der Waals surface area contributed by atoms with Crippen LogP contribution in [-0.2, 0) is 39.6 Å². The summed E-state index contributed by atoms with van der Waals surface area (Å²) in [5, 5.41) is 24.5. The fourth-order valence-electron chi connectivity index (χ4n) is 12.6. The number of benzene rings is 3. The molecule has 6 N–H and O–H groups in total. The second-order valence-corrected chi connectivity index (χ2v) is 23.0. The maximum atomic E-state index is 17.5. The number of fused-ring (bicyclic) bond motifs is 8. The van der Waals surface area contributed by atoms with Crippen molar-refractivity contribution in [2.75, 3.05) is 61.9 Å². The molecule has 2 amide bonds. The SMILES string of the molecule is C=C(C(=O)N1CCN(c2nc(OC[C@@]34CCCN3C[C@H](F)C4)nc3c(F)c(-c4ccc(F)c5sc(N)c(C#N)c45)c(Cl)cc23)[C@@H](C)C1)[C@@H](C)OC(=O)Nc1cc2c(CN)c3c(nc2cc1F)-c1cc2c(c(=O)n1C3)COC[C@]2(O)CC. The molecule has 24 heteroatoms. The standard InChI is InChI=1S/C57H54ClF4N11O7S/c1-5-57(77)25-78-23-36-37(57)15-43-47-35(22-73(43)53(36)75)33(18-63)31-14-42(40(61)16-41(31)66-47)67-55(76)80-28(4)27(3)52(74)70-11-12-72(26(2)20-70)51-32-13-38(58)45(30-7-8-39(60)49-44(30)34(19-64)50(65)81-49)46(62)48(32)68-54(69-51)79-24-56-9-6-10-71(56)21-29(59)17-56/h7-8,13-16,26,28-29,77H,3,5-6,9-12,17-18,20-25,63,65H2,1-2,4H3,(H,67,76)/t26-,28+,29+,56-,57+/m0/s1. The minimum Gasteiger partial charge on any atom is -0.461 e. The molecule has 3 aromatic carbocycles. The molecule has 12 rings (SSSR count). The summed E-state index contributed by atoms with van der Waals surface area (Å²) in [7, 11) is 0. The van der Waals surface area contributed by atoms with Gasteiger partial charge in [-0.15, -0.1) is 11.3 Å². The highest BCUT2D eigenvalue weighted by Crippen LogP contribution is 2.47. The first-order chi connectivity index (χ1) is 38.8. The number of piperazine rings is 1. The van der Waals surface area contributed by atoms with Gasteiger partial charge in [-0.05, 0) is 80.6 Å². The lowest BCUT2D eigenvalue weighted by Crippen LogP contribution is -2.54. The molecule has 0 bridgehead atoms. The van der Waals surface area contributed by atoms with Crippen LogP contribution in [0.3, 0.4) is 0 Å². The van der Waals surface area contributed by atoms with Crippen molar-refractivity contribution < 1.29 is 46.5 Å². The Balaban J connectivity index is 0.777. The molecule has 0 spiro atoms. The van der Waals surface area contributed by atoms with Crippen LogP contribution >= 0.6 is 22.9 Å². The number of aliphatic hydroxyl groups is 1. The van der Waals surface area contributed by atoms with Gasteiger partial charge in [0.1, 0.15) is 58.5 Å². The average Bonchev–Trinajstić information content (AvgIpc) is 3.92. The number of halogens is 5. The molecule has 7 aromatic rings. The Kier molecular flexibility index (Phi) is 13.5. The highest BCUT2D eigenvalue weighted by Gasteiger charge is 2.50. The first-order valence-electron chi connectivity index (χ1n) is 26.5. The number of carbonyl (C=O) groups is 2. The number of anilines is 3. The smallest absolute Gasteiger partial charge is 0.412 e. The van der Waals surface area contributed by atoms with Crippen LogP contribution in [0, 0.1) is 28.8 Å². The number of alkyl halides is 1. The molecular weight excluding hydrogens is 1090 g/mol. The van der Waals surface area contributed by atoms with E-state index in [4.69, 9.17) is 47.2 Å². The summed E-state index contributed by atoms with van der Waals surface area (Å²) in [4.78, 5) is 61.1. The topological polar surface area (TPSA) is 240 Å². The zero-order valence-electron chi connectivity index (χ0n) is 44.2. The Hall–Kier alpha value is -7.46. The summed E-state index contributed by atoms with van der Waals surface area (Å²) in [5.41, 5.74) is 12.7. The van der Waals surface area contributed by atoms with Gasteiger partial charge in [-0.2, -0.15) is 15.2 Å². The van der Waals surface area contributed by atoms with Gasteiger partial charge in [0, 0.05) is 84.1 Å². The third kappa shape index (κ3) is 8.80. The minimum atomic E-state index is -1.37. The molecule has 0 aliphatic carbocycles. The highest BCUT2D eigenvalue weighted by atomic mass is 35.5. The van der Waals surface area contributed by atoms with Crippen LogP contribution in [0.1, 0.15) is 74.3 Å². The zero-order valence-corrected chi connectivity index (χ0v) is 45.8. The van der Waals surface area contributed by atoms with Gasteiger partial charge in [-0.1, -0.05) is 31.2 Å². The van der Waals surface area contributed by atoms with Crippen molar-refractivity contribution in [2.24, 2.45) is 5.73 Å². The average molecular weight is 1150 g/mol. The summed E-state index contributed by atoms with van der Waals surface area (Å²) in [5.74, 6) is -2.70. The van der Waals surface area contributed by atoms with E-state index < -0.39 is 58.9 Å². The third-order valence-corrected chi connectivity index (χ3v) is 18.2. The van der Waals surface area contributed by atoms with E-state index in [-0.39, 0.29) is 147 Å². The molecule has 18 nitrogen and oxygen atoms in total. The van der Waals surface area contributed by atoms with Gasteiger partial charge in [0.05, 0.1) is 68.7 Å². The highest BCUT2D eigenvalue weighted by molar-refractivity contribution is 7.23. The fraction of sp³-hybridized carbons (Fsp3) is 0.386. The normalized spacial score (nSPS) is 21.7. The first kappa shape index (κ1) is 54.1. The molecule has 5 aliphatic heterocycles. The van der Waals surface area contributed by atoms with E-state index in [0.717, 1.165) is 29.9 Å². The van der Waals surface area contributed by atoms with Crippen molar-refractivity contribution >= 4 is 83.3 Å². The van der Waals surface area contributed by atoms with Gasteiger partial charge in [0.2, 0.25) is 0 Å². The Morgan fingerprint density at radius 2 is 1.90 bits per heavy atom. The number of amides is 2. The summed E-state index contributed by atoms with van der Waals surface area (Å²) in [6, 6.07) is 9.58. The molecule has 4 aromatic heterocycles. The number of nitrogen functional groups attached to an aromatic ring is 1. The van der Waals surface area contributed by atoms with Crippen LogP contribution in [-0.4, -0.2) is 116 Å². The van der Waals surface area contributed by atoms with Crippen molar-refractivity contribution in [3.05, 3.63) is 109 Å². The number of thiophene rings is 1. The molecule has 5 atom stereocenters. The van der Waals surface area contributed by atoms with Gasteiger partial charge in [-0.25, -0.2) is 27.3 Å².